The average Bonchev–Trinajstić information content (AvgIpc) is 2.29. The molecule has 1 aromatic heterocycles. The number of aryl methyl sites for hydroxylation is 1. The predicted molar refractivity (Wildman–Crippen MR) is 60.6 cm³/mol. The minimum atomic E-state index is -0.705. The van der Waals surface area contributed by atoms with E-state index in [0.29, 0.717) is 5.56 Å². The van der Waals surface area contributed by atoms with E-state index >= 15 is 0 Å². The van der Waals surface area contributed by atoms with Gasteiger partial charge >= 0.3 is 5.97 Å². The van der Waals surface area contributed by atoms with Gasteiger partial charge in [-0.15, -0.1) is 0 Å². The monoisotopic (exact) mass is 235 g/mol. The molecule has 17 heavy (non-hydrogen) atoms. The molecule has 2 aromatic rings. The number of carbonyl (C=O) groups is 1. The number of H-pyrrole nitrogens is 1. The van der Waals surface area contributed by atoms with E-state index in [-0.39, 0.29) is 16.5 Å². The minimum Gasteiger partial charge on any atom is -0.464 e. The van der Waals surface area contributed by atoms with E-state index in [4.69, 9.17) is 0 Å². The summed E-state index contributed by atoms with van der Waals surface area (Å²) in [5, 5.41) is 0.329. The maximum absolute atomic E-state index is 13.7. The fraction of sp³-hybridized carbons (Fsp3) is 0.167. The molecule has 0 atom stereocenters. The number of fused-ring (bicyclic) bond motifs is 1. The molecule has 0 aliphatic heterocycles. The van der Waals surface area contributed by atoms with Crippen molar-refractivity contribution in [3.8, 4) is 0 Å². The summed E-state index contributed by atoms with van der Waals surface area (Å²) in [6, 6.07) is 4.15. The first-order valence-electron chi connectivity index (χ1n) is 4.94. The van der Waals surface area contributed by atoms with Crippen molar-refractivity contribution in [2.24, 2.45) is 0 Å². The predicted octanol–water partition coefficient (Wildman–Crippen LogP) is 1.76. The van der Waals surface area contributed by atoms with Crippen LogP contribution in [0.3, 0.4) is 0 Å². The van der Waals surface area contributed by atoms with Crippen LogP contribution in [0.1, 0.15) is 16.1 Å². The Balaban J connectivity index is 2.82. The molecular weight excluding hydrogens is 225 g/mol. The Morgan fingerprint density at radius 1 is 1.29 bits per heavy atom. The van der Waals surface area contributed by atoms with Crippen LogP contribution in [0, 0.1) is 12.7 Å². The first-order chi connectivity index (χ1) is 8.02. The summed E-state index contributed by atoms with van der Waals surface area (Å²) in [7, 11) is 1.19. The number of aromatic nitrogens is 1. The van der Waals surface area contributed by atoms with Crippen LogP contribution in [0.25, 0.3) is 10.8 Å². The summed E-state index contributed by atoms with van der Waals surface area (Å²) in [5.41, 5.74) is 0.0737. The average molecular weight is 235 g/mol. The van der Waals surface area contributed by atoms with Crippen molar-refractivity contribution in [2.75, 3.05) is 7.11 Å². The second-order valence-corrected chi connectivity index (χ2v) is 3.71. The van der Waals surface area contributed by atoms with Gasteiger partial charge in [0.25, 0.3) is 5.56 Å². The molecule has 0 fully saturated rings. The Hall–Kier alpha value is -2.17. The molecule has 2 rings (SSSR count). The van der Waals surface area contributed by atoms with Gasteiger partial charge in [-0.25, -0.2) is 9.18 Å². The third-order valence-corrected chi connectivity index (χ3v) is 2.46. The van der Waals surface area contributed by atoms with Crippen LogP contribution in [-0.4, -0.2) is 18.1 Å². The highest BCUT2D eigenvalue weighted by atomic mass is 19.1. The van der Waals surface area contributed by atoms with Crippen LogP contribution in [0.15, 0.2) is 23.0 Å². The van der Waals surface area contributed by atoms with Crippen molar-refractivity contribution in [3.05, 3.63) is 45.6 Å². The molecule has 0 unspecified atom stereocenters. The summed E-state index contributed by atoms with van der Waals surface area (Å²) < 4.78 is 18.1. The molecule has 0 saturated carbocycles. The van der Waals surface area contributed by atoms with E-state index in [9.17, 15) is 14.0 Å². The molecule has 0 radical (unpaired) electrons. The molecule has 0 saturated heterocycles. The largest absolute Gasteiger partial charge is 0.464 e. The number of hydrogen-bond acceptors (Lipinski definition) is 3. The molecule has 1 aromatic carbocycles. The van der Waals surface area contributed by atoms with Crippen molar-refractivity contribution in [2.45, 2.75) is 6.92 Å². The van der Waals surface area contributed by atoms with E-state index in [1.165, 1.54) is 19.2 Å². The molecule has 0 spiro atoms. The topological polar surface area (TPSA) is 59.2 Å². The number of carbonyl (C=O) groups excluding carboxylic acids is 1. The Bertz CT molecular complexity index is 661. The minimum absolute atomic E-state index is 0.0623. The van der Waals surface area contributed by atoms with Crippen LogP contribution in [0.2, 0.25) is 0 Å². The number of nitrogens with one attached hydrogen (secondary N) is 1. The van der Waals surface area contributed by atoms with E-state index in [1.807, 2.05) is 0 Å². The summed E-state index contributed by atoms with van der Waals surface area (Å²) in [4.78, 5) is 25.3. The Labute approximate surface area is 96.0 Å². The molecule has 5 heteroatoms. The lowest BCUT2D eigenvalue weighted by atomic mass is 10.1. The number of rotatable bonds is 1. The van der Waals surface area contributed by atoms with E-state index in [0.717, 1.165) is 0 Å². The highest BCUT2D eigenvalue weighted by Crippen LogP contribution is 2.17. The van der Waals surface area contributed by atoms with Crippen LogP contribution >= 0.6 is 0 Å². The van der Waals surface area contributed by atoms with Crippen LogP contribution in [0.4, 0.5) is 4.39 Å². The molecule has 88 valence electrons. The SMILES string of the molecule is COC(=O)c1cc2c(F)cc(C)cc2c(=O)[nH]1. The Morgan fingerprint density at radius 2 is 2.00 bits per heavy atom. The Morgan fingerprint density at radius 3 is 2.65 bits per heavy atom. The molecular formula is C12H10FNO3. The quantitative estimate of drug-likeness (QED) is 0.766. The smallest absolute Gasteiger partial charge is 0.354 e. The molecule has 0 aliphatic rings. The third-order valence-electron chi connectivity index (χ3n) is 2.46. The number of benzene rings is 1. The van der Waals surface area contributed by atoms with Crippen molar-refractivity contribution in [1.82, 2.24) is 4.98 Å². The lowest BCUT2D eigenvalue weighted by Crippen LogP contribution is -2.14. The summed E-state index contributed by atoms with van der Waals surface area (Å²) in [6.45, 7) is 1.69. The molecule has 4 nitrogen and oxygen atoms in total. The zero-order chi connectivity index (χ0) is 12.6. The Kier molecular flexibility index (Phi) is 2.67. The summed E-state index contributed by atoms with van der Waals surface area (Å²) in [5.74, 6) is -1.24. The lowest BCUT2D eigenvalue weighted by molar-refractivity contribution is 0.0594. The number of ether oxygens (including phenoxy) is 1. The molecule has 1 heterocycles. The van der Waals surface area contributed by atoms with Crippen molar-refractivity contribution < 1.29 is 13.9 Å². The first kappa shape index (κ1) is 11.3. The molecule has 1 N–H and O–H groups in total. The zero-order valence-corrected chi connectivity index (χ0v) is 9.33. The van der Waals surface area contributed by atoms with Crippen LogP contribution in [0.5, 0.6) is 0 Å². The summed E-state index contributed by atoms with van der Waals surface area (Å²) in [6.07, 6.45) is 0. The molecule has 0 aliphatic carbocycles. The normalized spacial score (nSPS) is 10.5. The number of esters is 1. The highest BCUT2D eigenvalue weighted by molar-refractivity contribution is 5.93. The van der Waals surface area contributed by atoms with Gasteiger partial charge in [-0.05, 0) is 30.7 Å². The van der Waals surface area contributed by atoms with Gasteiger partial charge < -0.3 is 9.72 Å². The highest BCUT2D eigenvalue weighted by Gasteiger charge is 2.12. The number of hydrogen-bond donors (Lipinski definition) is 1. The zero-order valence-electron chi connectivity index (χ0n) is 9.33. The van der Waals surface area contributed by atoms with E-state index < -0.39 is 17.3 Å². The summed E-state index contributed by atoms with van der Waals surface area (Å²) >= 11 is 0. The van der Waals surface area contributed by atoms with Crippen molar-refractivity contribution >= 4 is 16.7 Å². The lowest BCUT2D eigenvalue weighted by Gasteiger charge is -2.04. The maximum atomic E-state index is 13.7. The van der Waals surface area contributed by atoms with Gasteiger partial charge in [-0.2, -0.15) is 0 Å². The second-order valence-electron chi connectivity index (χ2n) is 3.71. The van der Waals surface area contributed by atoms with Gasteiger partial charge in [0.2, 0.25) is 0 Å². The van der Waals surface area contributed by atoms with Crippen molar-refractivity contribution in [1.29, 1.82) is 0 Å². The molecule has 0 amide bonds. The van der Waals surface area contributed by atoms with Crippen LogP contribution < -0.4 is 5.56 Å². The second kappa shape index (κ2) is 4.01. The standard InChI is InChI=1S/C12H10FNO3/c1-6-3-8-7(9(13)4-6)5-10(12(16)17-2)14-11(8)15/h3-5H,1-2H3,(H,14,15). The van der Waals surface area contributed by atoms with E-state index in [1.54, 1.807) is 13.0 Å². The van der Waals surface area contributed by atoms with Gasteiger partial charge in [0.05, 0.1) is 12.5 Å². The number of pyridine rings is 1. The van der Waals surface area contributed by atoms with Gasteiger partial charge in [0.1, 0.15) is 11.5 Å². The maximum Gasteiger partial charge on any atom is 0.354 e. The third kappa shape index (κ3) is 1.91. The fourth-order valence-corrected chi connectivity index (χ4v) is 1.68. The first-order valence-corrected chi connectivity index (χ1v) is 4.94. The molecule has 0 bridgehead atoms. The van der Waals surface area contributed by atoms with Gasteiger partial charge in [-0.1, -0.05) is 0 Å². The fourth-order valence-electron chi connectivity index (χ4n) is 1.68. The van der Waals surface area contributed by atoms with Crippen molar-refractivity contribution in [3.63, 3.8) is 0 Å². The number of aromatic amines is 1. The van der Waals surface area contributed by atoms with Gasteiger partial charge in [-0.3, -0.25) is 4.79 Å². The van der Waals surface area contributed by atoms with E-state index in [2.05, 4.69) is 9.72 Å². The number of halogens is 1. The van der Waals surface area contributed by atoms with Gasteiger partial charge in [0.15, 0.2) is 0 Å². The number of methoxy groups -OCH3 is 1. The van der Waals surface area contributed by atoms with Crippen LogP contribution in [-0.2, 0) is 4.74 Å². The van der Waals surface area contributed by atoms with Gasteiger partial charge in [0, 0.05) is 5.39 Å².